The fraction of sp³-hybridized carbons (Fsp3) is 1.00. The highest BCUT2D eigenvalue weighted by molar-refractivity contribution is 4.89. The van der Waals surface area contributed by atoms with Gasteiger partial charge in [-0.1, -0.05) is 27.7 Å². The van der Waals surface area contributed by atoms with Crippen LogP contribution in [0.5, 0.6) is 0 Å². The van der Waals surface area contributed by atoms with Gasteiger partial charge < -0.3 is 10.2 Å². The number of hydrogen-bond donors (Lipinski definition) is 2. The topological polar surface area (TPSA) is 40.5 Å². The van der Waals surface area contributed by atoms with Gasteiger partial charge in [0.25, 0.3) is 0 Å². The average molecular weight is 160 g/mol. The van der Waals surface area contributed by atoms with Gasteiger partial charge in [-0.25, -0.2) is 0 Å². The zero-order chi connectivity index (χ0) is 9.23. The average Bonchev–Trinajstić information content (AvgIpc) is 1.84. The lowest BCUT2D eigenvalue weighted by Gasteiger charge is -2.38. The van der Waals surface area contributed by atoms with Gasteiger partial charge in [-0.2, -0.15) is 0 Å². The largest absolute Gasteiger partial charge is 0.390 e. The quantitative estimate of drug-likeness (QED) is 0.655. The first kappa shape index (κ1) is 10.9. The molecule has 0 saturated heterocycles. The van der Waals surface area contributed by atoms with E-state index in [4.69, 9.17) is 0 Å². The third-order valence-electron chi connectivity index (χ3n) is 2.52. The smallest absolute Gasteiger partial charge is 0.0948 e. The van der Waals surface area contributed by atoms with Crippen molar-refractivity contribution in [1.82, 2.24) is 0 Å². The molecule has 2 N–H and O–H groups in total. The predicted molar refractivity (Wildman–Crippen MR) is 46.3 cm³/mol. The number of aliphatic hydroxyl groups excluding tert-OH is 1. The summed E-state index contributed by atoms with van der Waals surface area (Å²) in [6, 6.07) is 0. The summed E-state index contributed by atoms with van der Waals surface area (Å²) in [5.74, 6) is 0.171. The van der Waals surface area contributed by atoms with E-state index in [9.17, 15) is 10.2 Å². The molecule has 11 heavy (non-hydrogen) atoms. The Bertz CT molecular complexity index is 95.0. The van der Waals surface area contributed by atoms with E-state index in [2.05, 4.69) is 0 Å². The first-order chi connectivity index (χ1) is 4.83. The van der Waals surface area contributed by atoms with Gasteiger partial charge in [-0.15, -0.1) is 0 Å². The standard InChI is InChI=1S/C9H20O2/c1-6(2)9(11,7(3)4)8(5)10/h6-8,10-11H,1-5H3/t8-/m1/s1. The van der Waals surface area contributed by atoms with Crippen molar-refractivity contribution in [3.05, 3.63) is 0 Å². The molecule has 0 bridgehead atoms. The first-order valence-corrected chi connectivity index (χ1v) is 4.23. The highest BCUT2D eigenvalue weighted by Crippen LogP contribution is 2.29. The Balaban J connectivity index is 4.53. The van der Waals surface area contributed by atoms with Crippen LogP contribution in [0.25, 0.3) is 0 Å². The minimum absolute atomic E-state index is 0.0856. The lowest BCUT2D eigenvalue weighted by atomic mass is 9.77. The Hall–Kier alpha value is -0.0800. The highest BCUT2D eigenvalue weighted by atomic mass is 16.3. The van der Waals surface area contributed by atoms with E-state index >= 15 is 0 Å². The molecule has 2 nitrogen and oxygen atoms in total. The molecule has 0 aromatic carbocycles. The normalized spacial score (nSPS) is 16.1. The second-order valence-electron chi connectivity index (χ2n) is 3.87. The summed E-state index contributed by atoms with van der Waals surface area (Å²) in [6.07, 6.45) is -0.664. The summed E-state index contributed by atoms with van der Waals surface area (Å²) in [4.78, 5) is 0. The molecule has 2 heteroatoms. The SMILES string of the molecule is CC(C)C(O)(C(C)C)[C@@H](C)O. The minimum Gasteiger partial charge on any atom is -0.390 e. The highest BCUT2D eigenvalue weighted by Gasteiger charge is 2.39. The van der Waals surface area contributed by atoms with Crippen LogP contribution < -0.4 is 0 Å². The van der Waals surface area contributed by atoms with Gasteiger partial charge in [0.2, 0.25) is 0 Å². The van der Waals surface area contributed by atoms with Gasteiger partial charge in [0.05, 0.1) is 11.7 Å². The number of aliphatic hydroxyl groups is 2. The number of rotatable bonds is 3. The lowest BCUT2D eigenvalue weighted by Crippen LogP contribution is -2.49. The maximum absolute atomic E-state index is 9.99. The summed E-state index contributed by atoms with van der Waals surface area (Å²) in [5, 5.41) is 19.4. The summed E-state index contributed by atoms with van der Waals surface area (Å²) in [7, 11) is 0. The number of hydrogen-bond acceptors (Lipinski definition) is 2. The zero-order valence-electron chi connectivity index (χ0n) is 8.13. The molecule has 0 heterocycles. The minimum atomic E-state index is -0.944. The molecule has 0 aliphatic carbocycles. The Morgan fingerprint density at radius 3 is 1.18 bits per heavy atom. The second-order valence-corrected chi connectivity index (χ2v) is 3.87. The Morgan fingerprint density at radius 1 is 0.909 bits per heavy atom. The van der Waals surface area contributed by atoms with Crippen molar-refractivity contribution in [2.24, 2.45) is 11.8 Å². The van der Waals surface area contributed by atoms with E-state index in [1.165, 1.54) is 0 Å². The Kier molecular flexibility index (Phi) is 3.52. The molecule has 0 unspecified atom stereocenters. The van der Waals surface area contributed by atoms with Crippen LogP contribution in [0, 0.1) is 11.8 Å². The van der Waals surface area contributed by atoms with Crippen molar-refractivity contribution in [3.63, 3.8) is 0 Å². The van der Waals surface area contributed by atoms with E-state index in [1.807, 2.05) is 27.7 Å². The van der Waals surface area contributed by atoms with Gasteiger partial charge in [-0.3, -0.25) is 0 Å². The van der Waals surface area contributed by atoms with Crippen LogP contribution in [-0.4, -0.2) is 21.9 Å². The molecule has 0 rings (SSSR count). The van der Waals surface area contributed by atoms with Gasteiger partial charge in [0.15, 0.2) is 0 Å². The maximum Gasteiger partial charge on any atom is 0.0948 e. The van der Waals surface area contributed by atoms with Gasteiger partial charge in [-0.05, 0) is 18.8 Å². The molecule has 0 aliphatic heterocycles. The van der Waals surface area contributed by atoms with E-state index < -0.39 is 11.7 Å². The molecule has 0 aromatic rings. The molecule has 68 valence electrons. The molecule has 0 amide bonds. The fourth-order valence-corrected chi connectivity index (χ4v) is 1.63. The van der Waals surface area contributed by atoms with E-state index in [0.717, 1.165) is 0 Å². The van der Waals surface area contributed by atoms with Crippen LogP contribution in [0.1, 0.15) is 34.6 Å². The fourth-order valence-electron chi connectivity index (χ4n) is 1.63. The third kappa shape index (κ3) is 1.94. The molecule has 0 radical (unpaired) electrons. The summed E-state index contributed by atoms with van der Waals surface area (Å²) >= 11 is 0. The summed E-state index contributed by atoms with van der Waals surface area (Å²) in [5.41, 5.74) is -0.944. The van der Waals surface area contributed by atoms with Crippen LogP contribution >= 0.6 is 0 Å². The van der Waals surface area contributed by atoms with Crippen LogP contribution in [0.3, 0.4) is 0 Å². The van der Waals surface area contributed by atoms with E-state index in [-0.39, 0.29) is 11.8 Å². The van der Waals surface area contributed by atoms with Crippen LogP contribution in [0.15, 0.2) is 0 Å². The maximum atomic E-state index is 9.99. The van der Waals surface area contributed by atoms with E-state index in [0.29, 0.717) is 0 Å². The zero-order valence-corrected chi connectivity index (χ0v) is 8.13. The predicted octanol–water partition coefficient (Wildman–Crippen LogP) is 1.41. The molecular formula is C9H20O2. The van der Waals surface area contributed by atoms with Gasteiger partial charge >= 0.3 is 0 Å². The van der Waals surface area contributed by atoms with Crippen molar-refractivity contribution >= 4 is 0 Å². The van der Waals surface area contributed by atoms with Crippen LogP contribution in [0.2, 0.25) is 0 Å². The second kappa shape index (κ2) is 3.55. The van der Waals surface area contributed by atoms with Crippen LogP contribution in [-0.2, 0) is 0 Å². The molecule has 0 saturated carbocycles. The Morgan fingerprint density at radius 2 is 1.18 bits per heavy atom. The molecule has 1 atom stereocenters. The molecule has 0 aromatic heterocycles. The van der Waals surface area contributed by atoms with Crippen molar-refractivity contribution < 1.29 is 10.2 Å². The first-order valence-electron chi connectivity index (χ1n) is 4.23. The van der Waals surface area contributed by atoms with Crippen molar-refractivity contribution in [1.29, 1.82) is 0 Å². The summed E-state index contributed by atoms with van der Waals surface area (Å²) in [6.45, 7) is 9.33. The monoisotopic (exact) mass is 160 g/mol. The van der Waals surface area contributed by atoms with Crippen molar-refractivity contribution in [3.8, 4) is 0 Å². The Labute approximate surface area is 69.2 Å². The van der Waals surface area contributed by atoms with Crippen LogP contribution in [0.4, 0.5) is 0 Å². The van der Waals surface area contributed by atoms with Gasteiger partial charge in [0, 0.05) is 0 Å². The molecular weight excluding hydrogens is 140 g/mol. The van der Waals surface area contributed by atoms with Gasteiger partial charge in [0.1, 0.15) is 0 Å². The molecule has 0 aliphatic rings. The van der Waals surface area contributed by atoms with Crippen molar-refractivity contribution in [2.45, 2.75) is 46.3 Å². The van der Waals surface area contributed by atoms with Crippen molar-refractivity contribution in [2.75, 3.05) is 0 Å². The van der Waals surface area contributed by atoms with E-state index in [1.54, 1.807) is 6.92 Å². The lowest BCUT2D eigenvalue weighted by molar-refractivity contribution is -0.128. The summed E-state index contributed by atoms with van der Waals surface area (Å²) < 4.78 is 0. The molecule has 0 fully saturated rings. The third-order valence-corrected chi connectivity index (χ3v) is 2.52. The molecule has 0 spiro atoms.